The average Bonchev–Trinajstić information content (AvgIpc) is 3.45. The van der Waals surface area contributed by atoms with Crippen LogP contribution < -0.4 is 5.32 Å². The van der Waals surface area contributed by atoms with E-state index in [9.17, 15) is 26.8 Å². The minimum absolute atomic E-state index is 0.0521. The van der Waals surface area contributed by atoms with Gasteiger partial charge in [0.25, 0.3) is 5.91 Å². The predicted molar refractivity (Wildman–Crippen MR) is 119 cm³/mol. The van der Waals surface area contributed by atoms with E-state index in [-0.39, 0.29) is 38.8 Å². The number of piperidine rings is 1. The molecule has 2 amide bonds. The summed E-state index contributed by atoms with van der Waals surface area (Å²) in [5.41, 5.74) is 0.137. The summed E-state index contributed by atoms with van der Waals surface area (Å²) in [4.78, 5) is 27.9. The van der Waals surface area contributed by atoms with E-state index in [1.54, 1.807) is 0 Å². The number of likely N-dealkylation sites (tertiary alicyclic amines) is 1. The first-order chi connectivity index (χ1) is 15.5. The Morgan fingerprint density at radius 2 is 1.91 bits per heavy atom. The van der Waals surface area contributed by atoms with Crippen LogP contribution in [0.15, 0.2) is 41.3 Å². The summed E-state index contributed by atoms with van der Waals surface area (Å²) in [6.07, 6.45) is 1.23. The molecule has 4 atom stereocenters. The number of carbonyl (C=O) groups excluding carboxylic acids is 2. The van der Waals surface area contributed by atoms with Crippen LogP contribution in [0, 0.1) is 17.6 Å². The summed E-state index contributed by atoms with van der Waals surface area (Å²) in [5.74, 6) is -2.35. The van der Waals surface area contributed by atoms with Gasteiger partial charge in [-0.1, -0.05) is 24.6 Å². The van der Waals surface area contributed by atoms with Gasteiger partial charge in [0.2, 0.25) is 5.91 Å². The molecule has 0 aromatic heterocycles. The first-order valence-corrected chi connectivity index (χ1v) is 12.7. The zero-order valence-corrected chi connectivity index (χ0v) is 19.6. The summed E-state index contributed by atoms with van der Waals surface area (Å²) in [6.45, 7) is 3.04. The van der Waals surface area contributed by atoms with E-state index in [2.05, 4.69) is 5.32 Å². The topological polar surface area (TPSA) is 83.6 Å². The van der Waals surface area contributed by atoms with E-state index < -0.39 is 45.4 Å². The SMILES string of the molecule is CCS(=O)(=O)c1cccc(C(=O)N2[C@@H](C(=O)NC(C)c3cc(F)c(Cl)cc3F)C[C@H]3C[C@H]32)c1. The largest absolute Gasteiger partial charge is 0.348 e. The standard InChI is InChI=1S/C23H23ClF2N2O4S/c1-3-33(31,32)15-6-4-5-13(7-15)23(30)28-20-8-14(20)9-21(28)22(29)27-12(2)16-10-19(26)17(24)11-18(16)25/h4-7,10-12,14,20-21H,3,8-9H2,1-2H3,(H,27,29)/t12?,14-,20-,21-/m1/s1. The van der Waals surface area contributed by atoms with Gasteiger partial charge in [0.1, 0.15) is 17.7 Å². The number of benzene rings is 2. The van der Waals surface area contributed by atoms with Gasteiger partial charge in [-0.15, -0.1) is 0 Å². The molecule has 176 valence electrons. The zero-order chi connectivity index (χ0) is 24.1. The van der Waals surface area contributed by atoms with E-state index >= 15 is 0 Å². The van der Waals surface area contributed by atoms with Crippen LogP contribution in [0.2, 0.25) is 5.02 Å². The maximum absolute atomic E-state index is 14.3. The highest BCUT2D eigenvalue weighted by Gasteiger charge is 2.56. The number of hydrogen-bond acceptors (Lipinski definition) is 4. The Kier molecular flexibility index (Phi) is 6.22. The van der Waals surface area contributed by atoms with Gasteiger partial charge in [-0.3, -0.25) is 9.59 Å². The Labute approximate surface area is 195 Å². The quantitative estimate of drug-likeness (QED) is 0.615. The third-order valence-corrected chi connectivity index (χ3v) is 8.35. The lowest BCUT2D eigenvalue weighted by Crippen LogP contribution is -2.48. The number of halogens is 3. The number of sulfone groups is 1. The molecule has 4 rings (SSSR count). The number of fused-ring (bicyclic) bond motifs is 1. The van der Waals surface area contributed by atoms with E-state index in [0.717, 1.165) is 18.6 Å². The minimum Gasteiger partial charge on any atom is -0.348 e. The monoisotopic (exact) mass is 496 g/mol. The molecule has 1 aliphatic carbocycles. The maximum Gasteiger partial charge on any atom is 0.254 e. The van der Waals surface area contributed by atoms with Gasteiger partial charge < -0.3 is 10.2 Å². The fourth-order valence-electron chi connectivity index (χ4n) is 4.38. The molecule has 1 N–H and O–H groups in total. The van der Waals surface area contributed by atoms with Crippen LogP contribution in [0.25, 0.3) is 0 Å². The molecule has 0 bridgehead atoms. The van der Waals surface area contributed by atoms with Crippen LogP contribution >= 0.6 is 11.6 Å². The number of hydrogen-bond donors (Lipinski definition) is 1. The van der Waals surface area contributed by atoms with Crippen molar-refractivity contribution >= 4 is 33.3 Å². The van der Waals surface area contributed by atoms with Crippen molar-refractivity contribution in [3.05, 3.63) is 64.2 Å². The van der Waals surface area contributed by atoms with Gasteiger partial charge in [-0.25, -0.2) is 17.2 Å². The third-order valence-electron chi connectivity index (χ3n) is 6.33. The van der Waals surface area contributed by atoms with Gasteiger partial charge in [0, 0.05) is 17.2 Å². The predicted octanol–water partition coefficient (Wildman–Crippen LogP) is 3.89. The van der Waals surface area contributed by atoms with Crippen LogP contribution in [0.4, 0.5) is 8.78 Å². The summed E-state index contributed by atoms with van der Waals surface area (Å²) in [6, 6.07) is 5.86. The smallest absolute Gasteiger partial charge is 0.254 e. The van der Waals surface area contributed by atoms with E-state index in [1.165, 1.54) is 43.0 Å². The second kappa shape index (κ2) is 8.68. The summed E-state index contributed by atoms with van der Waals surface area (Å²) in [5, 5.41) is 2.32. The highest BCUT2D eigenvalue weighted by molar-refractivity contribution is 7.91. The Morgan fingerprint density at radius 3 is 2.61 bits per heavy atom. The van der Waals surface area contributed by atoms with Crippen molar-refractivity contribution < 1.29 is 26.8 Å². The Morgan fingerprint density at radius 1 is 1.18 bits per heavy atom. The second-order valence-electron chi connectivity index (χ2n) is 8.48. The molecule has 1 aliphatic heterocycles. The molecule has 6 nitrogen and oxygen atoms in total. The molecule has 10 heteroatoms. The molecule has 2 fully saturated rings. The van der Waals surface area contributed by atoms with Crippen LogP contribution in [0.3, 0.4) is 0 Å². The molecule has 2 aromatic rings. The highest BCUT2D eigenvalue weighted by Crippen LogP contribution is 2.48. The van der Waals surface area contributed by atoms with Gasteiger partial charge in [0.05, 0.1) is 21.7 Å². The zero-order valence-electron chi connectivity index (χ0n) is 18.0. The van der Waals surface area contributed by atoms with Crippen molar-refractivity contribution in [1.29, 1.82) is 0 Å². The molecular formula is C23H23ClF2N2O4S. The van der Waals surface area contributed by atoms with Crippen LogP contribution in [-0.4, -0.2) is 43.0 Å². The van der Waals surface area contributed by atoms with Gasteiger partial charge in [-0.05, 0) is 56.0 Å². The molecule has 2 aliphatic rings. The number of nitrogens with one attached hydrogen (secondary N) is 1. The molecule has 33 heavy (non-hydrogen) atoms. The molecule has 2 aromatic carbocycles. The van der Waals surface area contributed by atoms with Crippen LogP contribution in [-0.2, 0) is 14.6 Å². The molecule has 1 heterocycles. The lowest BCUT2D eigenvalue weighted by molar-refractivity contribution is -0.126. The molecule has 1 saturated carbocycles. The van der Waals surface area contributed by atoms with Gasteiger partial charge >= 0.3 is 0 Å². The number of carbonyl (C=O) groups is 2. The lowest BCUT2D eigenvalue weighted by Gasteiger charge is -2.28. The summed E-state index contributed by atoms with van der Waals surface area (Å²) < 4.78 is 52.5. The van der Waals surface area contributed by atoms with Crippen molar-refractivity contribution in [2.75, 3.05) is 5.75 Å². The van der Waals surface area contributed by atoms with Crippen molar-refractivity contribution in [3.63, 3.8) is 0 Å². The van der Waals surface area contributed by atoms with Crippen molar-refractivity contribution in [1.82, 2.24) is 10.2 Å². The molecule has 1 unspecified atom stereocenters. The molecule has 0 radical (unpaired) electrons. The fourth-order valence-corrected chi connectivity index (χ4v) is 5.45. The Balaban J connectivity index is 1.55. The van der Waals surface area contributed by atoms with E-state index in [4.69, 9.17) is 11.6 Å². The van der Waals surface area contributed by atoms with E-state index in [1.807, 2.05) is 0 Å². The maximum atomic E-state index is 14.3. The Bertz CT molecular complexity index is 1240. The van der Waals surface area contributed by atoms with E-state index in [0.29, 0.717) is 6.42 Å². The summed E-state index contributed by atoms with van der Waals surface area (Å²) in [7, 11) is -3.49. The highest BCUT2D eigenvalue weighted by atomic mass is 35.5. The number of rotatable bonds is 6. The van der Waals surface area contributed by atoms with Crippen LogP contribution in [0.1, 0.15) is 48.7 Å². The summed E-state index contributed by atoms with van der Waals surface area (Å²) >= 11 is 5.60. The first-order valence-electron chi connectivity index (χ1n) is 10.6. The Hall–Kier alpha value is -2.52. The lowest BCUT2D eigenvalue weighted by atomic mass is 10.1. The minimum atomic E-state index is -3.49. The van der Waals surface area contributed by atoms with Crippen molar-refractivity contribution in [3.8, 4) is 0 Å². The normalized spacial score (nSPS) is 22.6. The average molecular weight is 497 g/mol. The van der Waals surface area contributed by atoms with Gasteiger partial charge in [0.15, 0.2) is 9.84 Å². The van der Waals surface area contributed by atoms with Crippen LogP contribution in [0.5, 0.6) is 0 Å². The van der Waals surface area contributed by atoms with Gasteiger partial charge in [-0.2, -0.15) is 0 Å². The molecule has 0 spiro atoms. The van der Waals surface area contributed by atoms with Crippen molar-refractivity contribution in [2.45, 2.75) is 49.7 Å². The number of nitrogens with zero attached hydrogens (tertiary/aromatic N) is 1. The third kappa shape index (κ3) is 4.48. The number of amides is 2. The van der Waals surface area contributed by atoms with Crippen molar-refractivity contribution in [2.24, 2.45) is 5.92 Å². The first kappa shape index (κ1) is 23.6. The molecular weight excluding hydrogens is 474 g/mol. The fraction of sp³-hybridized carbons (Fsp3) is 0.391. The second-order valence-corrected chi connectivity index (χ2v) is 11.2. The molecule has 1 saturated heterocycles.